The van der Waals surface area contributed by atoms with E-state index in [1.54, 1.807) is 7.11 Å². The summed E-state index contributed by atoms with van der Waals surface area (Å²) in [6.07, 6.45) is 0. The zero-order valence-electron chi connectivity index (χ0n) is 11.5. The molecule has 1 rings (SSSR count). The summed E-state index contributed by atoms with van der Waals surface area (Å²) in [7, 11) is 1.68. The van der Waals surface area contributed by atoms with Gasteiger partial charge in [0.15, 0.2) is 5.11 Å². The summed E-state index contributed by atoms with van der Waals surface area (Å²) in [5, 5.41) is 7.12. The smallest absolute Gasteiger partial charge is 0.167 e. The van der Waals surface area contributed by atoms with Gasteiger partial charge in [0.1, 0.15) is 0 Å². The number of rotatable bonds is 5. The summed E-state index contributed by atoms with van der Waals surface area (Å²) in [6.45, 7) is 6.86. The van der Waals surface area contributed by atoms with E-state index in [1.807, 2.05) is 6.92 Å². The van der Waals surface area contributed by atoms with Crippen LogP contribution in [0.15, 0.2) is 24.3 Å². The fourth-order valence-electron chi connectivity index (χ4n) is 1.69. The van der Waals surface area contributed by atoms with E-state index in [0.717, 1.165) is 0 Å². The first kappa shape index (κ1) is 14.9. The first-order valence-corrected chi connectivity index (χ1v) is 6.56. The molecule has 2 N–H and O–H groups in total. The number of thiocarbonyl (C=S) groups is 1. The van der Waals surface area contributed by atoms with Crippen molar-refractivity contribution >= 4 is 17.3 Å². The van der Waals surface area contributed by atoms with Crippen LogP contribution in [0.3, 0.4) is 0 Å². The van der Waals surface area contributed by atoms with Gasteiger partial charge in [0, 0.05) is 13.2 Å². The van der Waals surface area contributed by atoms with Crippen LogP contribution in [-0.4, -0.2) is 24.9 Å². The Balaban J connectivity index is 2.46. The molecule has 0 aliphatic rings. The highest BCUT2D eigenvalue weighted by atomic mass is 32.1. The first-order chi connectivity index (χ1) is 8.52. The van der Waals surface area contributed by atoms with Crippen LogP contribution in [0.25, 0.3) is 0 Å². The van der Waals surface area contributed by atoms with Crippen molar-refractivity contribution in [2.45, 2.75) is 32.9 Å². The van der Waals surface area contributed by atoms with E-state index in [4.69, 9.17) is 17.0 Å². The Hall–Kier alpha value is -1.13. The monoisotopic (exact) mass is 266 g/mol. The van der Waals surface area contributed by atoms with Crippen molar-refractivity contribution in [2.75, 3.05) is 13.7 Å². The molecule has 0 spiro atoms. The topological polar surface area (TPSA) is 33.3 Å². The average Bonchev–Trinajstić information content (AvgIpc) is 2.29. The Morgan fingerprint density at radius 1 is 1.22 bits per heavy atom. The number of hydrogen-bond donors (Lipinski definition) is 2. The van der Waals surface area contributed by atoms with Crippen molar-refractivity contribution in [3.05, 3.63) is 35.4 Å². The minimum Gasteiger partial charge on any atom is -0.383 e. The van der Waals surface area contributed by atoms with Crippen molar-refractivity contribution in [1.82, 2.24) is 10.6 Å². The van der Waals surface area contributed by atoms with Crippen LogP contribution in [0, 0.1) is 6.92 Å². The Morgan fingerprint density at radius 3 is 2.39 bits per heavy atom. The highest BCUT2D eigenvalue weighted by Crippen LogP contribution is 2.12. The lowest BCUT2D eigenvalue weighted by Gasteiger charge is -2.20. The number of methoxy groups -OCH3 is 1. The van der Waals surface area contributed by atoms with Crippen LogP contribution >= 0.6 is 12.2 Å². The molecule has 0 aromatic heterocycles. The Kier molecular flexibility index (Phi) is 6.09. The van der Waals surface area contributed by atoms with Crippen LogP contribution in [0.1, 0.15) is 31.0 Å². The largest absolute Gasteiger partial charge is 0.383 e. The number of benzene rings is 1. The normalized spacial score (nSPS) is 13.8. The molecular formula is C14H22N2OS. The predicted octanol–water partition coefficient (Wildman–Crippen LogP) is 2.56. The predicted molar refractivity (Wildman–Crippen MR) is 79.8 cm³/mol. The van der Waals surface area contributed by atoms with Crippen LogP contribution < -0.4 is 10.6 Å². The molecule has 0 radical (unpaired) electrons. The van der Waals surface area contributed by atoms with Gasteiger partial charge in [0.2, 0.25) is 0 Å². The van der Waals surface area contributed by atoms with Gasteiger partial charge in [-0.25, -0.2) is 0 Å². The van der Waals surface area contributed by atoms with E-state index >= 15 is 0 Å². The summed E-state index contributed by atoms with van der Waals surface area (Å²) in [5.41, 5.74) is 2.49. The van der Waals surface area contributed by atoms with Crippen LogP contribution in [0.2, 0.25) is 0 Å². The maximum absolute atomic E-state index is 5.27. The van der Waals surface area contributed by atoms with Gasteiger partial charge in [0.05, 0.1) is 12.6 Å². The van der Waals surface area contributed by atoms with Crippen molar-refractivity contribution < 1.29 is 4.74 Å². The van der Waals surface area contributed by atoms with E-state index in [9.17, 15) is 0 Å². The molecule has 0 fully saturated rings. The van der Waals surface area contributed by atoms with E-state index in [-0.39, 0.29) is 12.1 Å². The maximum atomic E-state index is 5.27. The molecule has 0 heterocycles. The second-order valence-corrected chi connectivity index (χ2v) is 5.01. The van der Waals surface area contributed by atoms with Crippen LogP contribution in [0.4, 0.5) is 0 Å². The number of hydrogen-bond acceptors (Lipinski definition) is 2. The third-order valence-corrected chi connectivity index (χ3v) is 2.95. The maximum Gasteiger partial charge on any atom is 0.167 e. The molecule has 3 nitrogen and oxygen atoms in total. The molecule has 0 bridgehead atoms. The molecule has 2 unspecified atom stereocenters. The zero-order chi connectivity index (χ0) is 13.5. The molecular weight excluding hydrogens is 244 g/mol. The molecule has 2 atom stereocenters. The summed E-state index contributed by atoms with van der Waals surface area (Å²) in [4.78, 5) is 0. The Bertz CT molecular complexity index is 378. The minimum atomic E-state index is 0.195. The van der Waals surface area contributed by atoms with Crippen molar-refractivity contribution in [2.24, 2.45) is 0 Å². The van der Waals surface area contributed by atoms with Gasteiger partial charge >= 0.3 is 0 Å². The minimum absolute atomic E-state index is 0.195. The van der Waals surface area contributed by atoms with E-state index in [2.05, 4.69) is 48.7 Å². The lowest BCUT2D eigenvalue weighted by atomic mass is 10.1. The summed E-state index contributed by atoms with van der Waals surface area (Å²) in [5.74, 6) is 0. The SMILES string of the molecule is COCC(C)NC(=S)NC(C)c1ccc(C)cc1. The number of nitrogens with one attached hydrogen (secondary N) is 2. The van der Waals surface area contributed by atoms with Gasteiger partial charge in [0.25, 0.3) is 0 Å². The number of aryl methyl sites for hydroxylation is 1. The standard InChI is InChI=1S/C14H22N2OS/c1-10-5-7-13(8-6-10)12(3)16-14(18)15-11(2)9-17-4/h5-8,11-12H,9H2,1-4H3,(H2,15,16,18). The highest BCUT2D eigenvalue weighted by Gasteiger charge is 2.08. The van der Waals surface area contributed by atoms with Gasteiger partial charge in [-0.3, -0.25) is 0 Å². The molecule has 1 aromatic carbocycles. The van der Waals surface area contributed by atoms with Crippen molar-refractivity contribution in [3.63, 3.8) is 0 Å². The molecule has 0 aliphatic heterocycles. The lowest BCUT2D eigenvalue weighted by Crippen LogP contribution is -2.43. The molecule has 0 saturated carbocycles. The van der Waals surface area contributed by atoms with E-state index < -0.39 is 0 Å². The molecule has 0 saturated heterocycles. The summed E-state index contributed by atoms with van der Waals surface area (Å²) >= 11 is 5.27. The first-order valence-electron chi connectivity index (χ1n) is 6.15. The van der Waals surface area contributed by atoms with Crippen LogP contribution in [-0.2, 0) is 4.74 Å². The highest BCUT2D eigenvalue weighted by molar-refractivity contribution is 7.80. The molecule has 0 aliphatic carbocycles. The lowest BCUT2D eigenvalue weighted by molar-refractivity contribution is 0.179. The molecule has 18 heavy (non-hydrogen) atoms. The summed E-state index contributed by atoms with van der Waals surface area (Å²) < 4.78 is 5.06. The third-order valence-electron chi connectivity index (χ3n) is 2.72. The van der Waals surface area contributed by atoms with E-state index in [0.29, 0.717) is 11.7 Å². The van der Waals surface area contributed by atoms with Gasteiger partial charge in [-0.2, -0.15) is 0 Å². The third kappa shape index (κ3) is 5.02. The molecule has 4 heteroatoms. The fraction of sp³-hybridized carbons (Fsp3) is 0.500. The van der Waals surface area contributed by atoms with Gasteiger partial charge < -0.3 is 15.4 Å². The van der Waals surface area contributed by atoms with Crippen molar-refractivity contribution in [3.8, 4) is 0 Å². The van der Waals surface area contributed by atoms with Gasteiger partial charge in [-0.1, -0.05) is 29.8 Å². The fourth-order valence-corrected chi connectivity index (χ4v) is 2.07. The molecule has 100 valence electrons. The zero-order valence-corrected chi connectivity index (χ0v) is 12.3. The van der Waals surface area contributed by atoms with Gasteiger partial charge in [-0.05, 0) is 38.6 Å². The quantitative estimate of drug-likeness (QED) is 0.803. The van der Waals surface area contributed by atoms with Crippen molar-refractivity contribution in [1.29, 1.82) is 0 Å². The Morgan fingerprint density at radius 2 is 1.83 bits per heavy atom. The molecule has 0 amide bonds. The van der Waals surface area contributed by atoms with Crippen LogP contribution in [0.5, 0.6) is 0 Å². The Labute approximate surface area is 115 Å². The summed E-state index contributed by atoms with van der Waals surface area (Å²) in [6, 6.07) is 8.86. The van der Waals surface area contributed by atoms with Gasteiger partial charge in [-0.15, -0.1) is 0 Å². The van der Waals surface area contributed by atoms with E-state index in [1.165, 1.54) is 11.1 Å². The molecule has 1 aromatic rings. The second-order valence-electron chi connectivity index (χ2n) is 4.61. The number of ether oxygens (including phenoxy) is 1. The second kappa shape index (κ2) is 7.34. The average molecular weight is 266 g/mol.